The van der Waals surface area contributed by atoms with Crippen molar-refractivity contribution in [3.63, 3.8) is 0 Å². The van der Waals surface area contributed by atoms with Gasteiger partial charge in [0.15, 0.2) is 5.75 Å². The molecule has 0 aliphatic carbocycles. The molecule has 1 aromatic heterocycles. The molecule has 34 heavy (non-hydrogen) atoms. The summed E-state index contributed by atoms with van der Waals surface area (Å²) in [6.07, 6.45) is 1.80. The van der Waals surface area contributed by atoms with Crippen LogP contribution in [0.4, 0.5) is 16.2 Å². The van der Waals surface area contributed by atoms with Crippen LogP contribution in [0.15, 0.2) is 60.8 Å². The summed E-state index contributed by atoms with van der Waals surface area (Å²) in [4.78, 5) is 21.5. The summed E-state index contributed by atoms with van der Waals surface area (Å²) in [6.45, 7) is 1.21. The average molecular weight is 493 g/mol. The predicted octanol–water partition coefficient (Wildman–Crippen LogP) is 6.34. The Hall–Kier alpha value is -3.32. The van der Waals surface area contributed by atoms with Gasteiger partial charge in [0.1, 0.15) is 0 Å². The number of hydrogen-bond donors (Lipinski definition) is 2. The Morgan fingerprint density at radius 1 is 1.03 bits per heavy atom. The molecule has 2 heterocycles. The number of fused-ring (bicyclic) bond motifs is 3. The number of anilines is 2. The van der Waals surface area contributed by atoms with Crippen LogP contribution in [0.3, 0.4) is 0 Å². The van der Waals surface area contributed by atoms with Crippen molar-refractivity contribution < 1.29 is 9.90 Å². The van der Waals surface area contributed by atoms with E-state index in [2.05, 4.69) is 15.2 Å². The zero-order valence-electron chi connectivity index (χ0n) is 18.6. The van der Waals surface area contributed by atoms with Crippen molar-refractivity contribution in [2.24, 2.45) is 0 Å². The Morgan fingerprint density at radius 2 is 1.74 bits per heavy atom. The summed E-state index contributed by atoms with van der Waals surface area (Å²) in [6, 6.07) is 16.9. The number of carbonyl (C=O) groups excluding carboxylic acids is 1. The third-order valence-electron chi connectivity index (χ3n) is 5.82. The van der Waals surface area contributed by atoms with Gasteiger partial charge in [-0.2, -0.15) is 0 Å². The van der Waals surface area contributed by atoms with Crippen LogP contribution >= 0.6 is 23.2 Å². The van der Waals surface area contributed by atoms with Crippen molar-refractivity contribution in [3.05, 3.63) is 82.0 Å². The largest absolute Gasteiger partial charge is 0.505 e. The molecule has 4 aromatic rings. The Balaban J connectivity index is 1.66. The first-order valence-electron chi connectivity index (χ1n) is 10.7. The van der Waals surface area contributed by atoms with Crippen LogP contribution < -0.4 is 10.2 Å². The van der Waals surface area contributed by atoms with E-state index >= 15 is 0 Å². The highest BCUT2D eigenvalue weighted by molar-refractivity contribution is 6.37. The van der Waals surface area contributed by atoms with Gasteiger partial charge in [-0.3, -0.25) is 9.88 Å². The second kappa shape index (κ2) is 8.80. The van der Waals surface area contributed by atoms with E-state index in [1.165, 1.54) is 0 Å². The van der Waals surface area contributed by atoms with Gasteiger partial charge in [0, 0.05) is 30.2 Å². The number of nitrogens with zero attached hydrogens (tertiary/aromatic N) is 3. The molecule has 5 rings (SSSR count). The van der Waals surface area contributed by atoms with E-state index in [9.17, 15) is 9.90 Å². The maximum Gasteiger partial charge on any atom is 0.326 e. The van der Waals surface area contributed by atoms with Crippen LogP contribution in [-0.4, -0.2) is 35.1 Å². The molecule has 1 aliphatic heterocycles. The van der Waals surface area contributed by atoms with Gasteiger partial charge in [0.05, 0.1) is 26.9 Å². The number of aromatic hydroxyl groups is 1. The summed E-state index contributed by atoms with van der Waals surface area (Å²) in [5.74, 6) is -0.146. The molecular weight excluding hydrogens is 471 g/mol. The first kappa shape index (κ1) is 22.5. The van der Waals surface area contributed by atoms with Gasteiger partial charge in [0.2, 0.25) is 0 Å². The molecule has 0 spiro atoms. The number of nitrogens with one attached hydrogen (secondary N) is 1. The number of phenols is 1. The predicted molar refractivity (Wildman–Crippen MR) is 137 cm³/mol. The van der Waals surface area contributed by atoms with Gasteiger partial charge >= 0.3 is 6.03 Å². The lowest BCUT2D eigenvalue weighted by Gasteiger charge is -2.31. The van der Waals surface area contributed by atoms with Crippen molar-refractivity contribution in [2.45, 2.75) is 13.1 Å². The molecule has 0 fully saturated rings. The number of benzene rings is 3. The Kier molecular flexibility index (Phi) is 5.81. The van der Waals surface area contributed by atoms with Crippen molar-refractivity contribution in [2.75, 3.05) is 19.0 Å². The van der Waals surface area contributed by atoms with Crippen LogP contribution in [0.5, 0.6) is 5.75 Å². The van der Waals surface area contributed by atoms with Crippen LogP contribution in [0.1, 0.15) is 11.1 Å². The number of pyridine rings is 1. The highest BCUT2D eigenvalue weighted by atomic mass is 35.5. The molecule has 0 saturated heterocycles. The average Bonchev–Trinajstić information content (AvgIpc) is 2.82. The zero-order valence-corrected chi connectivity index (χ0v) is 20.2. The van der Waals surface area contributed by atoms with Gasteiger partial charge in [-0.1, -0.05) is 41.4 Å². The maximum absolute atomic E-state index is 13.1. The smallest absolute Gasteiger partial charge is 0.326 e. The minimum absolute atomic E-state index is 0.146. The van der Waals surface area contributed by atoms with Crippen LogP contribution in [0.2, 0.25) is 10.0 Å². The van der Waals surface area contributed by atoms with E-state index in [0.29, 0.717) is 6.54 Å². The molecule has 6 nitrogen and oxygen atoms in total. The molecule has 3 aromatic carbocycles. The van der Waals surface area contributed by atoms with E-state index in [-0.39, 0.29) is 21.8 Å². The van der Waals surface area contributed by atoms with Crippen molar-refractivity contribution in [1.82, 2.24) is 15.2 Å². The third-order valence-corrected chi connectivity index (χ3v) is 6.39. The molecule has 0 saturated carbocycles. The van der Waals surface area contributed by atoms with Crippen molar-refractivity contribution in [3.8, 4) is 16.9 Å². The standard InChI is InChI=1S/C26H22Cl2N4O2/c1-31(2)14-15-3-6-19(7-4-15)32-24-18(13-30-26(32)34)12-29-23-8-5-16(9-20(23)24)17-10-21(27)25(33)22(28)11-17/h3-12,33H,13-14H2,1-2H3,(H,30,34). The zero-order chi connectivity index (χ0) is 24.0. The topological polar surface area (TPSA) is 68.7 Å². The van der Waals surface area contributed by atoms with Crippen LogP contribution in [-0.2, 0) is 13.1 Å². The van der Waals surface area contributed by atoms with Gasteiger partial charge < -0.3 is 15.3 Å². The molecular formula is C26H22Cl2N4O2. The van der Waals surface area contributed by atoms with Crippen molar-refractivity contribution >= 4 is 51.5 Å². The van der Waals surface area contributed by atoms with E-state index in [0.717, 1.165) is 51.1 Å². The lowest BCUT2D eigenvalue weighted by atomic mass is 9.99. The van der Waals surface area contributed by atoms with E-state index < -0.39 is 0 Å². The number of phenolic OH excluding ortho intramolecular Hbond substituents is 1. The van der Waals surface area contributed by atoms with Gasteiger partial charge in [-0.05, 0) is 67.2 Å². The Bertz CT molecular complexity index is 1400. The van der Waals surface area contributed by atoms with Gasteiger partial charge in [-0.25, -0.2) is 4.79 Å². The highest BCUT2D eigenvalue weighted by Gasteiger charge is 2.28. The third kappa shape index (κ3) is 4.05. The molecule has 0 unspecified atom stereocenters. The first-order chi connectivity index (χ1) is 16.3. The van der Waals surface area contributed by atoms with Gasteiger partial charge in [0.25, 0.3) is 0 Å². The summed E-state index contributed by atoms with van der Waals surface area (Å²) >= 11 is 12.3. The fourth-order valence-electron chi connectivity index (χ4n) is 4.24. The lowest BCUT2D eigenvalue weighted by molar-refractivity contribution is 0.247. The number of urea groups is 1. The number of amides is 2. The number of carbonyl (C=O) groups is 1. The molecule has 2 N–H and O–H groups in total. The summed E-state index contributed by atoms with van der Waals surface area (Å²) < 4.78 is 0. The Morgan fingerprint density at radius 3 is 2.41 bits per heavy atom. The summed E-state index contributed by atoms with van der Waals surface area (Å²) in [5, 5.41) is 14.1. The SMILES string of the molecule is CN(C)Cc1ccc(N2C(=O)NCc3cnc4ccc(-c5cc(Cl)c(O)c(Cl)c5)cc4c32)cc1. The van der Waals surface area contributed by atoms with Gasteiger partial charge in [-0.15, -0.1) is 0 Å². The molecule has 1 aliphatic rings. The van der Waals surface area contributed by atoms with Crippen LogP contribution in [0.25, 0.3) is 22.0 Å². The van der Waals surface area contributed by atoms with Crippen LogP contribution in [0, 0.1) is 0 Å². The second-order valence-electron chi connectivity index (χ2n) is 8.55. The normalized spacial score (nSPS) is 13.3. The van der Waals surface area contributed by atoms with E-state index in [1.807, 2.05) is 56.6 Å². The van der Waals surface area contributed by atoms with Crippen molar-refractivity contribution in [1.29, 1.82) is 0 Å². The number of rotatable bonds is 4. The first-order valence-corrected chi connectivity index (χ1v) is 11.5. The fourth-order valence-corrected chi connectivity index (χ4v) is 4.73. The summed E-state index contributed by atoms with van der Waals surface area (Å²) in [5.41, 5.74) is 6.02. The molecule has 2 amide bonds. The minimum Gasteiger partial charge on any atom is -0.505 e. The maximum atomic E-state index is 13.1. The van der Waals surface area contributed by atoms with E-state index in [4.69, 9.17) is 23.2 Å². The quantitative estimate of drug-likeness (QED) is 0.348. The summed E-state index contributed by atoms with van der Waals surface area (Å²) in [7, 11) is 4.04. The second-order valence-corrected chi connectivity index (χ2v) is 9.37. The number of halogens is 2. The molecule has 0 atom stereocenters. The molecule has 172 valence electrons. The monoisotopic (exact) mass is 492 g/mol. The Labute approximate surface area is 207 Å². The minimum atomic E-state index is -0.193. The number of hydrogen-bond acceptors (Lipinski definition) is 4. The molecule has 0 bridgehead atoms. The fraction of sp³-hybridized carbons (Fsp3) is 0.154. The molecule has 0 radical (unpaired) electrons. The lowest BCUT2D eigenvalue weighted by Crippen LogP contribution is -2.41. The highest BCUT2D eigenvalue weighted by Crippen LogP contribution is 2.41. The molecule has 8 heteroatoms. The number of aromatic nitrogens is 1. The van der Waals surface area contributed by atoms with E-state index in [1.54, 1.807) is 23.2 Å².